The molecule has 1 heterocycles. The van der Waals surface area contributed by atoms with Crippen molar-refractivity contribution in [2.75, 3.05) is 13.1 Å². The van der Waals surface area contributed by atoms with E-state index in [1.807, 2.05) is 24.3 Å². The van der Waals surface area contributed by atoms with Crippen LogP contribution in [0.4, 0.5) is 0 Å². The van der Waals surface area contributed by atoms with E-state index in [2.05, 4.69) is 25.5 Å². The second kappa shape index (κ2) is 5.04. The molecule has 6 nitrogen and oxygen atoms in total. The van der Waals surface area contributed by atoms with Crippen LogP contribution in [0.1, 0.15) is 11.1 Å². The van der Waals surface area contributed by atoms with Crippen molar-refractivity contribution in [3.63, 3.8) is 0 Å². The maximum absolute atomic E-state index is 8.15. The zero-order valence-corrected chi connectivity index (χ0v) is 8.61. The van der Waals surface area contributed by atoms with Crippen molar-refractivity contribution < 1.29 is 0 Å². The number of nitrogens with zero attached hydrogens (tertiary/aromatic N) is 6. The fraction of sp³-hybridized carbons (Fsp3) is 0.300. The van der Waals surface area contributed by atoms with Crippen LogP contribution < -0.4 is 0 Å². The Balaban J connectivity index is 2.01. The minimum Gasteiger partial charge on any atom is -0.162 e. The van der Waals surface area contributed by atoms with Gasteiger partial charge in [-0.15, -0.1) is 5.10 Å². The van der Waals surface area contributed by atoms with Crippen LogP contribution in [0.15, 0.2) is 44.8 Å². The van der Waals surface area contributed by atoms with E-state index in [4.69, 9.17) is 5.53 Å². The van der Waals surface area contributed by atoms with Crippen molar-refractivity contribution in [1.82, 2.24) is 0 Å². The van der Waals surface area contributed by atoms with Crippen LogP contribution in [0.25, 0.3) is 10.4 Å². The van der Waals surface area contributed by atoms with Crippen LogP contribution in [0, 0.1) is 0 Å². The first-order chi connectivity index (χ1) is 7.90. The molecule has 0 spiro atoms. The van der Waals surface area contributed by atoms with Crippen LogP contribution >= 0.6 is 0 Å². The predicted molar refractivity (Wildman–Crippen MR) is 60.4 cm³/mol. The molecule has 0 bridgehead atoms. The van der Waals surface area contributed by atoms with E-state index in [1.165, 1.54) is 0 Å². The summed E-state index contributed by atoms with van der Waals surface area (Å²) in [5.74, 6) is 0. The van der Waals surface area contributed by atoms with Gasteiger partial charge in [0.25, 0.3) is 0 Å². The lowest BCUT2D eigenvalue weighted by molar-refractivity contribution is 0.956. The lowest BCUT2D eigenvalue weighted by atomic mass is 10.1. The van der Waals surface area contributed by atoms with E-state index < -0.39 is 0 Å². The number of hydrogen-bond donors (Lipinski definition) is 0. The molecular formula is C10H10N6. The standard InChI is InChI=1S/C10H10N6/c11-15-12-6-5-8-1-3-9(4-2-8)10-7-13-16-14-10/h1-4H,5-7H2. The molecule has 1 aliphatic rings. The summed E-state index contributed by atoms with van der Waals surface area (Å²) >= 11 is 0. The van der Waals surface area contributed by atoms with Gasteiger partial charge in [0.2, 0.25) is 0 Å². The zero-order valence-electron chi connectivity index (χ0n) is 8.61. The van der Waals surface area contributed by atoms with Crippen molar-refractivity contribution in [3.8, 4) is 0 Å². The van der Waals surface area contributed by atoms with Crippen molar-refractivity contribution in [1.29, 1.82) is 0 Å². The summed E-state index contributed by atoms with van der Waals surface area (Å²) in [6.45, 7) is 1.04. The third-order valence-electron chi connectivity index (χ3n) is 2.30. The first-order valence-electron chi connectivity index (χ1n) is 4.93. The van der Waals surface area contributed by atoms with Gasteiger partial charge in [0.15, 0.2) is 0 Å². The van der Waals surface area contributed by atoms with Gasteiger partial charge in [-0.25, -0.2) is 0 Å². The van der Waals surface area contributed by atoms with E-state index in [-0.39, 0.29) is 0 Å². The molecule has 1 aliphatic heterocycles. The summed E-state index contributed by atoms with van der Waals surface area (Å²) in [6, 6.07) is 7.98. The van der Waals surface area contributed by atoms with E-state index in [9.17, 15) is 0 Å². The molecule has 1 aromatic carbocycles. The number of hydrogen-bond acceptors (Lipinski definition) is 4. The lowest BCUT2D eigenvalue weighted by Crippen LogP contribution is -2.01. The smallest absolute Gasteiger partial charge is 0.107 e. The van der Waals surface area contributed by atoms with Crippen molar-refractivity contribution >= 4 is 5.71 Å². The highest BCUT2D eigenvalue weighted by Gasteiger charge is 2.06. The lowest BCUT2D eigenvalue weighted by Gasteiger charge is -2.01. The topological polar surface area (TPSA) is 85.8 Å². The third-order valence-corrected chi connectivity index (χ3v) is 2.30. The van der Waals surface area contributed by atoms with Gasteiger partial charge in [-0.1, -0.05) is 29.4 Å². The SMILES string of the molecule is [N-]=[N+]=NCCc1ccc(C2=NN=NC2)cc1. The monoisotopic (exact) mass is 214 g/mol. The molecule has 80 valence electrons. The van der Waals surface area contributed by atoms with Gasteiger partial charge in [-0.3, -0.25) is 0 Å². The van der Waals surface area contributed by atoms with Crippen LogP contribution in [0.3, 0.4) is 0 Å². The molecular weight excluding hydrogens is 204 g/mol. The maximum atomic E-state index is 8.15. The van der Waals surface area contributed by atoms with Gasteiger partial charge in [0.05, 0.1) is 5.71 Å². The first-order valence-corrected chi connectivity index (χ1v) is 4.93. The maximum Gasteiger partial charge on any atom is 0.107 e. The second-order valence-corrected chi connectivity index (χ2v) is 3.34. The van der Waals surface area contributed by atoms with Crippen molar-refractivity contribution in [2.45, 2.75) is 6.42 Å². The number of benzene rings is 1. The fourth-order valence-corrected chi connectivity index (χ4v) is 1.45. The van der Waals surface area contributed by atoms with Gasteiger partial charge in [0.1, 0.15) is 6.54 Å². The molecule has 6 heteroatoms. The Hall–Kier alpha value is -2.20. The minimum absolute atomic E-state index is 0.488. The van der Waals surface area contributed by atoms with Crippen LogP contribution in [-0.4, -0.2) is 18.8 Å². The van der Waals surface area contributed by atoms with Crippen molar-refractivity contribution in [3.05, 3.63) is 45.8 Å². The first kappa shape index (κ1) is 10.3. The highest BCUT2D eigenvalue weighted by atomic mass is 15.4. The second-order valence-electron chi connectivity index (χ2n) is 3.34. The fourth-order valence-electron chi connectivity index (χ4n) is 1.45. The molecule has 0 unspecified atom stereocenters. The van der Waals surface area contributed by atoms with E-state index in [1.54, 1.807) is 0 Å². The molecule has 16 heavy (non-hydrogen) atoms. The highest BCUT2D eigenvalue weighted by molar-refractivity contribution is 6.02. The van der Waals surface area contributed by atoms with E-state index in [0.717, 1.165) is 23.3 Å². The number of azide groups is 1. The molecule has 0 fully saturated rings. The third kappa shape index (κ3) is 2.43. The van der Waals surface area contributed by atoms with E-state index >= 15 is 0 Å². The molecule has 0 radical (unpaired) electrons. The number of rotatable bonds is 4. The Morgan fingerprint density at radius 2 is 2.12 bits per heavy atom. The van der Waals surface area contributed by atoms with Gasteiger partial charge >= 0.3 is 0 Å². The van der Waals surface area contributed by atoms with Gasteiger partial charge < -0.3 is 0 Å². The molecule has 0 saturated carbocycles. The van der Waals surface area contributed by atoms with Gasteiger partial charge in [-0.2, -0.15) is 5.11 Å². The van der Waals surface area contributed by atoms with Gasteiger partial charge in [-0.05, 0) is 28.3 Å². The summed E-state index contributed by atoms with van der Waals surface area (Å²) in [4.78, 5) is 2.71. The van der Waals surface area contributed by atoms with Crippen LogP contribution in [0.5, 0.6) is 0 Å². The average molecular weight is 214 g/mol. The molecule has 0 saturated heterocycles. The van der Waals surface area contributed by atoms with Crippen LogP contribution in [0.2, 0.25) is 0 Å². The Bertz CT molecular complexity index is 467. The Labute approximate surface area is 92.3 Å². The Morgan fingerprint density at radius 3 is 2.75 bits per heavy atom. The summed E-state index contributed by atoms with van der Waals surface area (Å²) in [5, 5.41) is 14.8. The predicted octanol–water partition coefficient (Wildman–Crippen LogP) is 2.71. The quantitative estimate of drug-likeness (QED) is 0.419. The normalized spacial score (nSPS) is 13.4. The van der Waals surface area contributed by atoms with Crippen LogP contribution in [-0.2, 0) is 6.42 Å². The highest BCUT2D eigenvalue weighted by Crippen LogP contribution is 2.10. The summed E-state index contributed by atoms with van der Waals surface area (Å²) in [7, 11) is 0. The molecule has 0 amide bonds. The molecule has 1 aromatic rings. The Morgan fingerprint density at radius 1 is 1.31 bits per heavy atom. The molecule has 0 N–H and O–H groups in total. The summed E-state index contributed by atoms with van der Waals surface area (Å²) < 4.78 is 0. The molecule has 0 atom stereocenters. The zero-order chi connectivity index (χ0) is 11.2. The molecule has 2 rings (SSSR count). The Kier molecular flexibility index (Phi) is 3.25. The van der Waals surface area contributed by atoms with Crippen molar-refractivity contribution in [2.24, 2.45) is 20.6 Å². The summed E-state index contributed by atoms with van der Waals surface area (Å²) in [5.41, 5.74) is 11.2. The molecule has 0 aliphatic carbocycles. The average Bonchev–Trinajstić information content (AvgIpc) is 2.84. The summed E-state index contributed by atoms with van der Waals surface area (Å²) in [6.07, 6.45) is 0.756. The van der Waals surface area contributed by atoms with E-state index in [0.29, 0.717) is 13.1 Å². The van der Waals surface area contributed by atoms with Gasteiger partial charge in [0, 0.05) is 11.5 Å². The largest absolute Gasteiger partial charge is 0.162 e. The minimum atomic E-state index is 0.488. The molecule has 0 aromatic heterocycles.